The SMILES string of the molecule is COCCC(CCl)Cc1ccc(F)cc1. The minimum Gasteiger partial charge on any atom is -0.385 e. The van der Waals surface area contributed by atoms with E-state index in [9.17, 15) is 4.39 Å². The third kappa shape index (κ3) is 4.63. The number of ether oxygens (including phenoxy) is 1. The highest BCUT2D eigenvalue weighted by molar-refractivity contribution is 6.18. The van der Waals surface area contributed by atoms with Crippen molar-refractivity contribution in [2.75, 3.05) is 19.6 Å². The number of rotatable bonds is 6. The monoisotopic (exact) mass is 230 g/mol. The minimum absolute atomic E-state index is 0.196. The summed E-state index contributed by atoms with van der Waals surface area (Å²) >= 11 is 5.85. The second kappa shape index (κ2) is 6.81. The molecule has 0 fully saturated rings. The normalized spacial score (nSPS) is 12.7. The lowest BCUT2D eigenvalue weighted by atomic mass is 9.98. The topological polar surface area (TPSA) is 9.23 Å². The zero-order valence-electron chi connectivity index (χ0n) is 8.88. The van der Waals surface area contributed by atoms with E-state index in [1.54, 1.807) is 7.11 Å². The summed E-state index contributed by atoms with van der Waals surface area (Å²) in [4.78, 5) is 0. The number of hydrogen-bond acceptors (Lipinski definition) is 1. The van der Waals surface area contributed by atoms with Gasteiger partial charge in [-0.2, -0.15) is 0 Å². The first kappa shape index (κ1) is 12.5. The van der Waals surface area contributed by atoms with E-state index < -0.39 is 0 Å². The smallest absolute Gasteiger partial charge is 0.123 e. The Hall–Kier alpha value is -0.600. The van der Waals surface area contributed by atoms with Crippen LogP contribution < -0.4 is 0 Å². The molecule has 1 nitrogen and oxygen atoms in total. The van der Waals surface area contributed by atoms with Crippen molar-refractivity contribution < 1.29 is 9.13 Å². The van der Waals surface area contributed by atoms with Gasteiger partial charge in [0.1, 0.15) is 5.82 Å². The van der Waals surface area contributed by atoms with E-state index >= 15 is 0 Å². The molecule has 1 unspecified atom stereocenters. The van der Waals surface area contributed by atoms with Crippen LogP contribution in [-0.2, 0) is 11.2 Å². The third-order valence-corrected chi connectivity index (χ3v) is 2.82. The summed E-state index contributed by atoms with van der Waals surface area (Å²) in [6, 6.07) is 6.58. The molecule has 1 rings (SSSR count). The van der Waals surface area contributed by atoms with Gasteiger partial charge in [-0.25, -0.2) is 4.39 Å². The first-order valence-corrected chi connectivity index (χ1v) is 5.59. The van der Waals surface area contributed by atoms with Gasteiger partial charge in [-0.1, -0.05) is 12.1 Å². The Balaban J connectivity index is 2.47. The summed E-state index contributed by atoms with van der Waals surface area (Å²) in [7, 11) is 1.68. The second-order valence-electron chi connectivity index (χ2n) is 3.63. The van der Waals surface area contributed by atoms with Crippen LogP contribution in [-0.4, -0.2) is 19.6 Å². The van der Waals surface area contributed by atoms with Crippen molar-refractivity contribution >= 4 is 11.6 Å². The van der Waals surface area contributed by atoms with Crippen molar-refractivity contribution in [2.45, 2.75) is 12.8 Å². The van der Waals surface area contributed by atoms with E-state index in [1.807, 2.05) is 12.1 Å². The van der Waals surface area contributed by atoms with Gasteiger partial charge in [0.25, 0.3) is 0 Å². The summed E-state index contributed by atoms with van der Waals surface area (Å²) in [5.74, 6) is 0.816. The van der Waals surface area contributed by atoms with Crippen LogP contribution in [0.25, 0.3) is 0 Å². The fourth-order valence-corrected chi connectivity index (χ4v) is 1.74. The highest BCUT2D eigenvalue weighted by Crippen LogP contribution is 2.14. The summed E-state index contributed by atoms with van der Waals surface area (Å²) in [5, 5.41) is 0. The van der Waals surface area contributed by atoms with Crippen LogP contribution in [0.4, 0.5) is 4.39 Å². The molecule has 0 N–H and O–H groups in total. The first-order valence-electron chi connectivity index (χ1n) is 5.05. The Morgan fingerprint density at radius 1 is 1.33 bits per heavy atom. The standard InChI is InChI=1S/C12H16ClFO/c1-15-7-6-11(9-13)8-10-2-4-12(14)5-3-10/h2-5,11H,6-9H2,1H3. The van der Waals surface area contributed by atoms with E-state index in [0.717, 1.165) is 25.0 Å². The molecule has 0 radical (unpaired) electrons. The van der Waals surface area contributed by atoms with Gasteiger partial charge in [-0.15, -0.1) is 11.6 Å². The fraction of sp³-hybridized carbons (Fsp3) is 0.500. The minimum atomic E-state index is -0.196. The third-order valence-electron chi connectivity index (χ3n) is 2.39. The maximum atomic E-state index is 12.7. The molecule has 15 heavy (non-hydrogen) atoms. The Kier molecular flexibility index (Phi) is 5.66. The van der Waals surface area contributed by atoms with Gasteiger partial charge in [-0.3, -0.25) is 0 Å². The molecule has 0 aliphatic rings. The largest absolute Gasteiger partial charge is 0.385 e. The molecule has 0 amide bonds. The van der Waals surface area contributed by atoms with E-state index in [1.165, 1.54) is 12.1 Å². The predicted octanol–water partition coefficient (Wildman–Crippen LogP) is 3.26. The molecule has 0 bridgehead atoms. The summed E-state index contributed by atoms with van der Waals surface area (Å²) < 4.78 is 17.7. The zero-order chi connectivity index (χ0) is 11.1. The molecule has 0 saturated carbocycles. The Morgan fingerprint density at radius 2 is 2.00 bits per heavy atom. The number of methoxy groups -OCH3 is 1. The van der Waals surface area contributed by atoms with Crippen molar-refractivity contribution in [3.05, 3.63) is 35.6 Å². The Morgan fingerprint density at radius 3 is 2.53 bits per heavy atom. The average Bonchev–Trinajstić information content (AvgIpc) is 2.27. The van der Waals surface area contributed by atoms with Crippen LogP contribution >= 0.6 is 11.6 Å². The molecule has 1 atom stereocenters. The van der Waals surface area contributed by atoms with Crippen LogP contribution in [0.5, 0.6) is 0 Å². The second-order valence-corrected chi connectivity index (χ2v) is 3.94. The lowest BCUT2D eigenvalue weighted by Crippen LogP contribution is -2.09. The van der Waals surface area contributed by atoms with Crippen molar-refractivity contribution in [1.82, 2.24) is 0 Å². The molecule has 0 aliphatic heterocycles. The van der Waals surface area contributed by atoms with Gasteiger partial charge in [0.05, 0.1) is 0 Å². The molecule has 3 heteroatoms. The molecule has 1 aromatic rings. The molecule has 0 aromatic heterocycles. The van der Waals surface area contributed by atoms with Crippen LogP contribution in [0.15, 0.2) is 24.3 Å². The predicted molar refractivity (Wildman–Crippen MR) is 60.8 cm³/mol. The van der Waals surface area contributed by atoms with E-state index in [0.29, 0.717) is 11.8 Å². The molecule has 1 aromatic carbocycles. The Bertz CT molecular complexity index is 273. The van der Waals surface area contributed by atoms with Gasteiger partial charge in [0.2, 0.25) is 0 Å². The van der Waals surface area contributed by atoms with Crippen LogP contribution in [0.3, 0.4) is 0 Å². The van der Waals surface area contributed by atoms with Crippen LogP contribution in [0.1, 0.15) is 12.0 Å². The number of alkyl halides is 1. The molecular formula is C12H16ClFO. The quantitative estimate of drug-likeness (QED) is 0.682. The zero-order valence-corrected chi connectivity index (χ0v) is 9.64. The van der Waals surface area contributed by atoms with E-state index in [2.05, 4.69) is 0 Å². The maximum Gasteiger partial charge on any atom is 0.123 e. The summed E-state index contributed by atoms with van der Waals surface area (Å²) in [6.07, 6.45) is 1.82. The molecule has 0 saturated heterocycles. The fourth-order valence-electron chi connectivity index (χ4n) is 1.47. The van der Waals surface area contributed by atoms with Crippen molar-refractivity contribution in [2.24, 2.45) is 5.92 Å². The van der Waals surface area contributed by atoms with Crippen LogP contribution in [0, 0.1) is 11.7 Å². The molecule has 84 valence electrons. The highest BCUT2D eigenvalue weighted by Gasteiger charge is 2.08. The highest BCUT2D eigenvalue weighted by atomic mass is 35.5. The van der Waals surface area contributed by atoms with Gasteiger partial charge >= 0.3 is 0 Å². The van der Waals surface area contributed by atoms with Crippen molar-refractivity contribution in [3.8, 4) is 0 Å². The maximum absolute atomic E-state index is 12.7. The molecule has 0 heterocycles. The van der Waals surface area contributed by atoms with Gasteiger partial charge < -0.3 is 4.74 Å². The molecule has 0 spiro atoms. The lowest BCUT2D eigenvalue weighted by molar-refractivity contribution is 0.180. The molecular weight excluding hydrogens is 215 g/mol. The first-order chi connectivity index (χ1) is 7.26. The Labute approximate surface area is 95.2 Å². The summed E-state index contributed by atoms with van der Waals surface area (Å²) in [6.45, 7) is 0.721. The summed E-state index contributed by atoms with van der Waals surface area (Å²) in [5.41, 5.74) is 1.12. The van der Waals surface area contributed by atoms with E-state index in [4.69, 9.17) is 16.3 Å². The number of benzene rings is 1. The van der Waals surface area contributed by atoms with Gasteiger partial charge in [0.15, 0.2) is 0 Å². The van der Waals surface area contributed by atoms with Crippen molar-refractivity contribution in [1.29, 1.82) is 0 Å². The number of halogens is 2. The molecule has 0 aliphatic carbocycles. The average molecular weight is 231 g/mol. The van der Waals surface area contributed by atoms with Gasteiger partial charge in [-0.05, 0) is 36.5 Å². The number of hydrogen-bond donors (Lipinski definition) is 0. The van der Waals surface area contributed by atoms with Crippen LogP contribution in [0.2, 0.25) is 0 Å². The lowest BCUT2D eigenvalue weighted by Gasteiger charge is -2.13. The van der Waals surface area contributed by atoms with Gasteiger partial charge in [0, 0.05) is 19.6 Å². The van der Waals surface area contributed by atoms with E-state index in [-0.39, 0.29) is 5.82 Å². The van der Waals surface area contributed by atoms with Crippen molar-refractivity contribution in [3.63, 3.8) is 0 Å².